The number of hydrogen-bond donors (Lipinski definition) is 1. The number of aromatic nitrogens is 1. The quantitative estimate of drug-likeness (QED) is 0.913. The summed E-state index contributed by atoms with van der Waals surface area (Å²) < 4.78 is 0. The fraction of sp³-hybridized carbons (Fsp3) is 0.438. The molecule has 1 aromatic carbocycles. The molecule has 0 aliphatic heterocycles. The maximum atomic E-state index is 4.59. The van der Waals surface area contributed by atoms with Crippen molar-refractivity contribution < 1.29 is 0 Å². The van der Waals surface area contributed by atoms with Gasteiger partial charge in [-0.15, -0.1) is 11.3 Å². The third-order valence-corrected chi connectivity index (χ3v) is 4.31. The van der Waals surface area contributed by atoms with Gasteiger partial charge in [-0.1, -0.05) is 45.0 Å². The molecule has 2 rings (SSSR count). The summed E-state index contributed by atoms with van der Waals surface area (Å²) in [4.78, 5) is 4.59. The molecule has 1 heterocycles. The lowest BCUT2D eigenvalue weighted by Crippen LogP contribution is -2.18. The van der Waals surface area contributed by atoms with Gasteiger partial charge in [0.1, 0.15) is 5.01 Å². The van der Waals surface area contributed by atoms with Crippen LogP contribution in [0.5, 0.6) is 0 Å². The van der Waals surface area contributed by atoms with E-state index in [1.165, 1.54) is 11.1 Å². The average molecular weight is 274 g/mol. The van der Waals surface area contributed by atoms with Crippen LogP contribution >= 0.6 is 11.3 Å². The molecule has 102 valence electrons. The van der Waals surface area contributed by atoms with E-state index < -0.39 is 0 Å². The molecule has 0 aliphatic carbocycles. The maximum Gasteiger partial charge on any atom is 0.114 e. The second-order valence-electron chi connectivity index (χ2n) is 5.92. The highest BCUT2D eigenvalue weighted by Crippen LogP contribution is 2.28. The van der Waals surface area contributed by atoms with Crippen molar-refractivity contribution in [3.8, 4) is 0 Å². The van der Waals surface area contributed by atoms with Gasteiger partial charge in [0.15, 0.2) is 0 Å². The Bertz CT molecular complexity index is 535. The molecule has 0 spiro atoms. The third kappa shape index (κ3) is 3.23. The van der Waals surface area contributed by atoms with Gasteiger partial charge in [-0.2, -0.15) is 0 Å². The van der Waals surface area contributed by atoms with Gasteiger partial charge in [0.2, 0.25) is 0 Å². The van der Waals surface area contributed by atoms with E-state index in [1.807, 2.05) is 14.0 Å². The van der Waals surface area contributed by atoms with E-state index in [0.717, 1.165) is 10.7 Å². The molecule has 0 saturated heterocycles. The van der Waals surface area contributed by atoms with Gasteiger partial charge in [0.25, 0.3) is 0 Å². The first-order valence-electron chi connectivity index (χ1n) is 6.61. The Labute approximate surface area is 119 Å². The standard InChI is InChI=1S/C16H22N2S/c1-11-10-19-15(18-11)14(17-5)12-6-8-13(9-7-12)16(2,3)4/h6-10,14,17H,1-5H3. The van der Waals surface area contributed by atoms with Crippen molar-refractivity contribution in [2.45, 2.75) is 39.2 Å². The lowest BCUT2D eigenvalue weighted by molar-refractivity contribution is 0.589. The van der Waals surface area contributed by atoms with Gasteiger partial charge in [-0.25, -0.2) is 4.98 Å². The van der Waals surface area contributed by atoms with Crippen molar-refractivity contribution in [2.75, 3.05) is 7.05 Å². The van der Waals surface area contributed by atoms with Gasteiger partial charge in [0.05, 0.1) is 6.04 Å². The third-order valence-electron chi connectivity index (χ3n) is 3.28. The number of nitrogens with one attached hydrogen (secondary N) is 1. The molecule has 2 aromatic rings. The summed E-state index contributed by atoms with van der Waals surface area (Å²) in [5.41, 5.74) is 3.92. The minimum Gasteiger partial charge on any atom is -0.307 e. The van der Waals surface area contributed by atoms with Crippen LogP contribution in [0, 0.1) is 6.92 Å². The van der Waals surface area contributed by atoms with Crippen molar-refractivity contribution in [3.63, 3.8) is 0 Å². The highest BCUT2D eigenvalue weighted by atomic mass is 32.1. The Hall–Kier alpha value is -1.19. The molecule has 2 nitrogen and oxygen atoms in total. The Morgan fingerprint density at radius 2 is 1.79 bits per heavy atom. The summed E-state index contributed by atoms with van der Waals surface area (Å²) in [6, 6.07) is 9.05. The normalized spacial score (nSPS) is 13.5. The highest BCUT2D eigenvalue weighted by molar-refractivity contribution is 7.09. The Kier molecular flexibility index (Phi) is 4.07. The van der Waals surface area contributed by atoms with Gasteiger partial charge >= 0.3 is 0 Å². The summed E-state index contributed by atoms with van der Waals surface area (Å²) in [6.45, 7) is 8.75. The van der Waals surface area contributed by atoms with Crippen molar-refractivity contribution in [2.24, 2.45) is 0 Å². The van der Waals surface area contributed by atoms with E-state index in [1.54, 1.807) is 11.3 Å². The predicted molar refractivity (Wildman–Crippen MR) is 82.9 cm³/mol. The fourth-order valence-corrected chi connectivity index (χ4v) is 3.04. The molecule has 0 radical (unpaired) electrons. The predicted octanol–water partition coefficient (Wildman–Crippen LogP) is 4.06. The van der Waals surface area contributed by atoms with Crippen LogP contribution in [0.15, 0.2) is 29.6 Å². The van der Waals surface area contributed by atoms with Crippen LogP contribution < -0.4 is 5.32 Å². The zero-order valence-electron chi connectivity index (χ0n) is 12.3. The number of thiazole rings is 1. The minimum atomic E-state index is 0.188. The highest BCUT2D eigenvalue weighted by Gasteiger charge is 2.17. The number of hydrogen-bond acceptors (Lipinski definition) is 3. The molecule has 0 aliphatic rings. The molecular formula is C16H22N2S. The number of nitrogens with zero attached hydrogens (tertiary/aromatic N) is 1. The second-order valence-corrected chi connectivity index (χ2v) is 6.81. The van der Waals surface area contributed by atoms with Crippen LogP contribution in [0.2, 0.25) is 0 Å². The van der Waals surface area contributed by atoms with Gasteiger partial charge in [-0.05, 0) is 30.5 Å². The number of rotatable bonds is 3. The first-order chi connectivity index (χ1) is 8.91. The minimum absolute atomic E-state index is 0.188. The lowest BCUT2D eigenvalue weighted by Gasteiger charge is -2.20. The molecule has 3 heteroatoms. The summed E-state index contributed by atoms with van der Waals surface area (Å²) in [6.07, 6.45) is 0. The summed E-state index contributed by atoms with van der Waals surface area (Å²) in [5, 5.41) is 6.58. The first-order valence-corrected chi connectivity index (χ1v) is 7.49. The molecule has 0 fully saturated rings. The SMILES string of the molecule is CNC(c1ccc(C(C)(C)C)cc1)c1nc(C)cs1. The van der Waals surface area contributed by atoms with Crippen LogP contribution in [0.3, 0.4) is 0 Å². The van der Waals surface area contributed by atoms with E-state index in [9.17, 15) is 0 Å². The van der Waals surface area contributed by atoms with Gasteiger partial charge in [0, 0.05) is 11.1 Å². The smallest absolute Gasteiger partial charge is 0.114 e. The molecule has 1 N–H and O–H groups in total. The van der Waals surface area contributed by atoms with Crippen molar-refractivity contribution in [1.29, 1.82) is 0 Å². The van der Waals surface area contributed by atoms with E-state index in [-0.39, 0.29) is 11.5 Å². The van der Waals surface area contributed by atoms with Crippen LogP contribution in [0.25, 0.3) is 0 Å². The van der Waals surface area contributed by atoms with Crippen molar-refractivity contribution in [1.82, 2.24) is 10.3 Å². The van der Waals surface area contributed by atoms with E-state index >= 15 is 0 Å². The van der Waals surface area contributed by atoms with Crippen LogP contribution in [0.1, 0.15) is 48.6 Å². The molecule has 0 amide bonds. The topological polar surface area (TPSA) is 24.9 Å². The zero-order valence-corrected chi connectivity index (χ0v) is 13.1. The van der Waals surface area contributed by atoms with Gasteiger partial charge < -0.3 is 5.32 Å². The monoisotopic (exact) mass is 274 g/mol. The molecule has 0 bridgehead atoms. The summed E-state index contributed by atoms with van der Waals surface area (Å²) in [5.74, 6) is 0. The molecular weight excluding hydrogens is 252 g/mol. The molecule has 19 heavy (non-hydrogen) atoms. The van der Waals surface area contributed by atoms with Gasteiger partial charge in [-0.3, -0.25) is 0 Å². The van der Waals surface area contributed by atoms with Crippen molar-refractivity contribution >= 4 is 11.3 Å². The van der Waals surface area contributed by atoms with E-state index in [4.69, 9.17) is 0 Å². The maximum absolute atomic E-state index is 4.59. The average Bonchev–Trinajstić information content (AvgIpc) is 2.76. The summed E-state index contributed by atoms with van der Waals surface area (Å²) >= 11 is 1.71. The molecule has 1 aromatic heterocycles. The Balaban J connectivity index is 2.30. The van der Waals surface area contributed by atoms with E-state index in [0.29, 0.717) is 0 Å². The number of aryl methyl sites for hydroxylation is 1. The van der Waals surface area contributed by atoms with Crippen LogP contribution in [0.4, 0.5) is 0 Å². The largest absolute Gasteiger partial charge is 0.307 e. The zero-order chi connectivity index (χ0) is 14.0. The van der Waals surface area contributed by atoms with E-state index in [2.05, 4.69) is 60.7 Å². The van der Waals surface area contributed by atoms with Crippen LogP contribution in [-0.2, 0) is 5.41 Å². The molecule has 0 saturated carbocycles. The molecule has 1 unspecified atom stereocenters. The van der Waals surface area contributed by atoms with Crippen LogP contribution in [-0.4, -0.2) is 12.0 Å². The Morgan fingerprint density at radius 3 is 2.21 bits per heavy atom. The summed E-state index contributed by atoms with van der Waals surface area (Å²) in [7, 11) is 1.99. The molecule has 1 atom stereocenters. The lowest BCUT2D eigenvalue weighted by atomic mass is 9.86. The first kappa shape index (κ1) is 14.2. The number of benzene rings is 1. The second kappa shape index (κ2) is 5.43. The van der Waals surface area contributed by atoms with Crippen molar-refractivity contribution in [3.05, 3.63) is 51.5 Å². The fourth-order valence-electron chi connectivity index (χ4n) is 2.11. The Morgan fingerprint density at radius 1 is 1.16 bits per heavy atom.